The standard InChI is InChI=1S/C12H24N2O3/c1-10(2)14(5-4-6-15)11(16)7-17-12(3)8-13-9-12/h10,13,15H,4-9H2,1-3H3. The molecule has 5 heteroatoms. The van der Waals surface area contributed by atoms with Crippen LogP contribution in [-0.2, 0) is 9.53 Å². The van der Waals surface area contributed by atoms with Crippen LogP contribution in [-0.4, -0.2) is 60.4 Å². The number of nitrogens with zero attached hydrogens (tertiary/aromatic N) is 1. The van der Waals surface area contributed by atoms with Gasteiger partial charge in [0, 0.05) is 32.3 Å². The van der Waals surface area contributed by atoms with E-state index in [2.05, 4.69) is 5.32 Å². The van der Waals surface area contributed by atoms with Crippen LogP contribution in [0.5, 0.6) is 0 Å². The Bertz CT molecular complexity index is 252. The van der Waals surface area contributed by atoms with Gasteiger partial charge >= 0.3 is 0 Å². The van der Waals surface area contributed by atoms with Gasteiger partial charge in [-0.3, -0.25) is 4.79 Å². The highest BCUT2D eigenvalue weighted by atomic mass is 16.5. The normalized spacial score (nSPS) is 17.9. The minimum Gasteiger partial charge on any atom is -0.396 e. The van der Waals surface area contributed by atoms with E-state index in [-0.39, 0.29) is 30.8 Å². The smallest absolute Gasteiger partial charge is 0.248 e. The average Bonchev–Trinajstić information content (AvgIpc) is 2.23. The Labute approximate surface area is 103 Å². The Morgan fingerprint density at radius 2 is 2.18 bits per heavy atom. The first-order valence-corrected chi connectivity index (χ1v) is 6.23. The van der Waals surface area contributed by atoms with Gasteiger partial charge in [-0.25, -0.2) is 0 Å². The average molecular weight is 244 g/mol. The Hall–Kier alpha value is -0.650. The molecule has 1 aliphatic rings. The van der Waals surface area contributed by atoms with Crippen molar-refractivity contribution in [2.24, 2.45) is 0 Å². The first-order valence-electron chi connectivity index (χ1n) is 6.23. The summed E-state index contributed by atoms with van der Waals surface area (Å²) < 4.78 is 5.62. The molecule has 1 saturated heterocycles. The topological polar surface area (TPSA) is 61.8 Å². The van der Waals surface area contributed by atoms with Crippen molar-refractivity contribution in [3.63, 3.8) is 0 Å². The lowest BCUT2D eigenvalue weighted by Gasteiger charge is -2.39. The van der Waals surface area contributed by atoms with Gasteiger partial charge < -0.3 is 20.1 Å². The maximum absolute atomic E-state index is 12.0. The number of aliphatic hydroxyl groups is 1. The summed E-state index contributed by atoms with van der Waals surface area (Å²) in [7, 11) is 0. The highest BCUT2D eigenvalue weighted by molar-refractivity contribution is 5.77. The van der Waals surface area contributed by atoms with Gasteiger partial charge in [-0.15, -0.1) is 0 Å². The number of rotatable bonds is 7. The van der Waals surface area contributed by atoms with Crippen LogP contribution >= 0.6 is 0 Å². The molecule has 0 aromatic rings. The van der Waals surface area contributed by atoms with Crippen molar-refractivity contribution < 1.29 is 14.6 Å². The van der Waals surface area contributed by atoms with E-state index >= 15 is 0 Å². The van der Waals surface area contributed by atoms with Crippen LogP contribution in [0.25, 0.3) is 0 Å². The molecule has 17 heavy (non-hydrogen) atoms. The Morgan fingerprint density at radius 3 is 2.59 bits per heavy atom. The van der Waals surface area contributed by atoms with E-state index in [1.165, 1.54) is 0 Å². The number of nitrogens with one attached hydrogen (secondary N) is 1. The number of hydrogen-bond acceptors (Lipinski definition) is 4. The molecule has 1 aliphatic heterocycles. The summed E-state index contributed by atoms with van der Waals surface area (Å²) in [6, 6.07) is 0.143. The van der Waals surface area contributed by atoms with Crippen molar-refractivity contribution >= 4 is 5.91 Å². The zero-order valence-corrected chi connectivity index (χ0v) is 11.0. The largest absolute Gasteiger partial charge is 0.396 e. The zero-order valence-electron chi connectivity index (χ0n) is 11.0. The molecule has 0 bridgehead atoms. The van der Waals surface area contributed by atoms with Gasteiger partial charge in [-0.05, 0) is 27.2 Å². The lowest BCUT2D eigenvalue weighted by Crippen LogP contribution is -2.60. The fourth-order valence-electron chi connectivity index (χ4n) is 1.81. The number of ether oxygens (including phenoxy) is 1. The molecule has 2 N–H and O–H groups in total. The second-order valence-corrected chi connectivity index (χ2v) is 5.10. The second-order valence-electron chi connectivity index (χ2n) is 5.10. The molecule has 1 fully saturated rings. The molecule has 1 heterocycles. The van der Waals surface area contributed by atoms with Crippen molar-refractivity contribution in [3.05, 3.63) is 0 Å². The van der Waals surface area contributed by atoms with Gasteiger partial charge in [0.05, 0.1) is 5.60 Å². The van der Waals surface area contributed by atoms with Crippen LogP contribution in [0.15, 0.2) is 0 Å². The van der Waals surface area contributed by atoms with E-state index in [1.54, 1.807) is 4.90 Å². The number of amides is 1. The molecule has 0 aliphatic carbocycles. The van der Waals surface area contributed by atoms with Gasteiger partial charge in [0.25, 0.3) is 0 Å². The zero-order chi connectivity index (χ0) is 12.9. The van der Waals surface area contributed by atoms with Crippen molar-refractivity contribution in [3.8, 4) is 0 Å². The third-order valence-electron chi connectivity index (χ3n) is 3.04. The van der Waals surface area contributed by atoms with Crippen LogP contribution in [0.3, 0.4) is 0 Å². The predicted molar refractivity (Wildman–Crippen MR) is 65.8 cm³/mol. The molecule has 0 unspecified atom stereocenters. The van der Waals surface area contributed by atoms with Crippen molar-refractivity contribution in [2.75, 3.05) is 32.8 Å². The molecule has 0 atom stereocenters. The van der Waals surface area contributed by atoms with Gasteiger partial charge in [-0.1, -0.05) is 0 Å². The molecular formula is C12H24N2O3. The molecule has 5 nitrogen and oxygen atoms in total. The maximum atomic E-state index is 12.0. The fourth-order valence-corrected chi connectivity index (χ4v) is 1.81. The van der Waals surface area contributed by atoms with E-state index < -0.39 is 0 Å². The maximum Gasteiger partial charge on any atom is 0.248 e. The van der Waals surface area contributed by atoms with E-state index in [1.807, 2.05) is 20.8 Å². The number of hydrogen-bond donors (Lipinski definition) is 2. The van der Waals surface area contributed by atoms with Crippen LogP contribution in [0.1, 0.15) is 27.2 Å². The van der Waals surface area contributed by atoms with Gasteiger partial charge in [0.15, 0.2) is 0 Å². The van der Waals surface area contributed by atoms with Crippen LogP contribution in [0.4, 0.5) is 0 Å². The summed E-state index contributed by atoms with van der Waals surface area (Å²) in [5, 5.41) is 11.9. The Kier molecular flexibility index (Phi) is 5.36. The van der Waals surface area contributed by atoms with Gasteiger partial charge in [0.1, 0.15) is 6.61 Å². The SMILES string of the molecule is CC(C)N(CCCO)C(=O)COC1(C)CNC1. The summed E-state index contributed by atoms with van der Waals surface area (Å²) in [4.78, 5) is 13.7. The summed E-state index contributed by atoms with van der Waals surface area (Å²) in [6.45, 7) is 8.39. The summed E-state index contributed by atoms with van der Waals surface area (Å²) in [5.74, 6) is 0.00146. The molecule has 0 aromatic carbocycles. The summed E-state index contributed by atoms with van der Waals surface area (Å²) in [6.07, 6.45) is 0.614. The lowest BCUT2D eigenvalue weighted by atomic mass is 10.0. The molecule has 0 saturated carbocycles. The highest BCUT2D eigenvalue weighted by Crippen LogP contribution is 2.15. The quantitative estimate of drug-likeness (QED) is 0.661. The van der Waals surface area contributed by atoms with E-state index in [0.717, 1.165) is 13.1 Å². The summed E-state index contributed by atoms with van der Waals surface area (Å²) >= 11 is 0. The van der Waals surface area contributed by atoms with Crippen molar-refractivity contribution in [1.82, 2.24) is 10.2 Å². The number of carbonyl (C=O) groups excluding carboxylic acids is 1. The van der Waals surface area contributed by atoms with E-state index in [4.69, 9.17) is 9.84 Å². The first-order chi connectivity index (χ1) is 7.98. The fraction of sp³-hybridized carbons (Fsp3) is 0.917. The van der Waals surface area contributed by atoms with E-state index in [0.29, 0.717) is 13.0 Å². The molecule has 100 valence electrons. The van der Waals surface area contributed by atoms with Crippen molar-refractivity contribution in [1.29, 1.82) is 0 Å². The van der Waals surface area contributed by atoms with E-state index in [9.17, 15) is 4.79 Å². The minimum absolute atomic E-state index is 0.00146. The van der Waals surface area contributed by atoms with Crippen molar-refractivity contribution in [2.45, 2.75) is 38.8 Å². The lowest BCUT2D eigenvalue weighted by molar-refractivity contribution is -0.147. The number of carbonyl (C=O) groups is 1. The number of aliphatic hydroxyl groups excluding tert-OH is 1. The molecular weight excluding hydrogens is 220 g/mol. The molecule has 0 spiro atoms. The second kappa shape index (κ2) is 6.33. The molecule has 1 rings (SSSR count). The third kappa shape index (κ3) is 4.26. The monoisotopic (exact) mass is 244 g/mol. The van der Waals surface area contributed by atoms with Crippen LogP contribution in [0, 0.1) is 0 Å². The molecule has 1 amide bonds. The van der Waals surface area contributed by atoms with Crippen LogP contribution in [0.2, 0.25) is 0 Å². The predicted octanol–water partition coefficient (Wildman–Crippen LogP) is -0.0157. The molecule has 0 aromatic heterocycles. The highest BCUT2D eigenvalue weighted by Gasteiger charge is 2.33. The molecule has 0 radical (unpaired) electrons. The Morgan fingerprint density at radius 1 is 1.53 bits per heavy atom. The third-order valence-corrected chi connectivity index (χ3v) is 3.04. The van der Waals surface area contributed by atoms with Crippen LogP contribution < -0.4 is 5.32 Å². The van der Waals surface area contributed by atoms with Gasteiger partial charge in [0.2, 0.25) is 5.91 Å². The first kappa shape index (κ1) is 14.4. The minimum atomic E-state index is -0.185. The Balaban J connectivity index is 2.36. The van der Waals surface area contributed by atoms with Gasteiger partial charge in [-0.2, -0.15) is 0 Å². The summed E-state index contributed by atoms with van der Waals surface area (Å²) in [5.41, 5.74) is -0.185.